The summed E-state index contributed by atoms with van der Waals surface area (Å²) in [7, 11) is 1.81. The lowest BCUT2D eigenvalue weighted by molar-refractivity contribution is 0.0512. The Bertz CT molecular complexity index is 704. The van der Waals surface area contributed by atoms with Crippen LogP contribution in [-0.2, 0) is 16.6 Å². The zero-order valence-corrected chi connectivity index (χ0v) is 15.8. The van der Waals surface area contributed by atoms with Gasteiger partial charge >= 0.3 is 0 Å². The lowest BCUT2D eigenvalue weighted by Crippen LogP contribution is -2.48. The van der Waals surface area contributed by atoms with Crippen molar-refractivity contribution in [3.05, 3.63) is 59.5 Å². The van der Waals surface area contributed by atoms with Crippen LogP contribution < -0.4 is 10.6 Å². The molecule has 0 atom stereocenters. The van der Waals surface area contributed by atoms with Crippen LogP contribution in [0.25, 0.3) is 0 Å². The molecular weight excluding hydrogens is 326 g/mol. The van der Waals surface area contributed by atoms with Gasteiger partial charge in [0.05, 0.1) is 6.26 Å². The monoisotopic (exact) mass is 355 g/mol. The zero-order valence-electron chi connectivity index (χ0n) is 15.8. The highest BCUT2D eigenvalue weighted by Crippen LogP contribution is 2.36. The molecule has 0 amide bonds. The molecule has 1 aromatic carbocycles. The lowest BCUT2D eigenvalue weighted by atomic mass is 9.72. The van der Waals surface area contributed by atoms with Gasteiger partial charge in [0, 0.05) is 45.2 Å². The van der Waals surface area contributed by atoms with Crippen molar-refractivity contribution in [3.63, 3.8) is 0 Å². The summed E-state index contributed by atoms with van der Waals surface area (Å²) < 4.78 is 11.0. The largest absolute Gasteiger partial charge is 0.469 e. The number of nitrogens with zero attached hydrogens (tertiary/aromatic N) is 1. The van der Waals surface area contributed by atoms with E-state index in [0.29, 0.717) is 0 Å². The minimum absolute atomic E-state index is 0.0855. The predicted octanol–water partition coefficient (Wildman–Crippen LogP) is 3.04. The molecule has 0 spiro atoms. The average Bonchev–Trinajstić information content (AvgIpc) is 3.19. The Morgan fingerprint density at radius 1 is 1.12 bits per heavy atom. The Kier molecular flexibility index (Phi) is 6.34. The van der Waals surface area contributed by atoms with E-state index in [4.69, 9.17) is 9.15 Å². The molecule has 1 aliphatic rings. The Balaban J connectivity index is 1.62. The first-order valence-electron chi connectivity index (χ1n) is 9.34. The molecule has 140 valence electrons. The third-order valence-corrected chi connectivity index (χ3v) is 5.23. The molecule has 0 bridgehead atoms. The standard InChI is InChI=1S/C21H29N3O2/c1-17-6-3-4-8-19(17)21(10-14-25-15-11-21)16-24-20(22-2)23-12-9-18-7-5-13-26-18/h3-8,13H,9-12,14-16H2,1-2H3,(H2,22,23,24). The van der Waals surface area contributed by atoms with E-state index in [1.165, 1.54) is 11.1 Å². The molecule has 1 saturated heterocycles. The summed E-state index contributed by atoms with van der Waals surface area (Å²) in [6.07, 6.45) is 4.59. The highest BCUT2D eigenvalue weighted by molar-refractivity contribution is 5.79. The fraction of sp³-hybridized carbons (Fsp3) is 0.476. The van der Waals surface area contributed by atoms with Gasteiger partial charge in [0.1, 0.15) is 5.76 Å². The van der Waals surface area contributed by atoms with Crippen LogP contribution in [0.5, 0.6) is 0 Å². The van der Waals surface area contributed by atoms with Crippen molar-refractivity contribution in [2.24, 2.45) is 4.99 Å². The summed E-state index contributed by atoms with van der Waals surface area (Å²) in [5.74, 6) is 1.81. The first-order chi connectivity index (χ1) is 12.7. The van der Waals surface area contributed by atoms with Crippen molar-refractivity contribution in [1.82, 2.24) is 10.6 Å². The number of guanidine groups is 1. The SMILES string of the molecule is CN=C(NCCc1ccco1)NCC1(c2ccccc2C)CCOCC1. The molecule has 2 N–H and O–H groups in total. The molecule has 5 heteroatoms. The van der Waals surface area contributed by atoms with Gasteiger partial charge in [-0.25, -0.2) is 0 Å². The van der Waals surface area contributed by atoms with E-state index in [1.807, 2.05) is 19.2 Å². The van der Waals surface area contributed by atoms with Crippen molar-refractivity contribution in [1.29, 1.82) is 0 Å². The van der Waals surface area contributed by atoms with Gasteiger partial charge in [-0.2, -0.15) is 0 Å². The average molecular weight is 355 g/mol. The van der Waals surface area contributed by atoms with Crippen molar-refractivity contribution in [3.8, 4) is 0 Å². The molecule has 0 unspecified atom stereocenters. The second-order valence-corrected chi connectivity index (χ2v) is 6.89. The second-order valence-electron chi connectivity index (χ2n) is 6.89. The fourth-order valence-electron chi connectivity index (χ4n) is 3.70. The Labute approximate surface area is 155 Å². The fourth-order valence-corrected chi connectivity index (χ4v) is 3.70. The maximum atomic E-state index is 5.64. The number of nitrogens with one attached hydrogen (secondary N) is 2. The Morgan fingerprint density at radius 2 is 1.92 bits per heavy atom. The maximum Gasteiger partial charge on any atom is 0.191 e. The molecule has 0 radical (unpaired) electrons. The molecule has 1 aromatic heterocycles. The van der Waals surface area contributed by atoms with Crippen LogP contribution in [0, 0.1) is 6.92 Å². The topological polar surface area (TPSA) is 58.8 Å². The van der Waals surface area contributed by atoms with E-state index in [1.54, 1.807) is 6.26 Å². The van der Waals surface area contributed by atoms with Gasteiger partial charge in [0.25, 0.3) is 0 Å². The number of hydrogen-bond acceptors (Lipinski definition) is 3. The van der Waals surface area contributed by atoms with E-state index < -0.39 is 0 Å². The molecule has 26 heavy (non-hydrogen) atoms. The van der Waals surface area contributed by atoms with Crippen LogP contribution in [0.1, 0.15) is 29.7 Å². The Hall–Kier alpha value is -2.27. The van der Waals surface area contributed by atoms with E-state index in [9.17, 15) is 0 Å². The molecular formula is C21H29N3O2. The number of aryl methyl sites for hydroxylation is 1. The van der Waals surface area contributed by atoms with Gasteiger partial charge < -0.3 is 19.8 Å². The van der Waals surface area contributed by atoms with Crippen LogP contribution >= 0.6 is 0 Å². The molecule has 3 rings (SSSR count). The second kappa shape index (κ2) is 8.90. The minimum atomic E-state index is 0.0855. The summed E-state index contributed by atoms with van der Waals surface area (Å²) in [6, 6.07) is 12.6. The van der Waals surface area contributed by atoms with Gasteiger partial charge in [0.2, 0.25) is 0 Å². The van der Waals surface area contributed by atoms with Crippen LogP contribution in [0.4, 0.5) is 0 Å². The van der Waals surface area contributed by atoms with Gasteiger partial charge in [-0.3, -0.25) is 4.99 Å². The first kappa shape index (κ1) is 18.5. The maximum absolute atomic E-state index is 5.64. The van der Waals surface area contributed by atoms with E-state index >= 15 is 0 Å². The molecule has 5 nitrogen and oxygen atoms in total. The predicted molar refractivity (Wildman–Crippen MR) is 105 cm³/mol. The molecule has 1 aliphatic heterocycles. The third kappa shape index (κ3) is 4.47. The summed E-state index contributed by atoms with van der Waals surface area (Å²) in [4.78, 5) is 4.37. The summed E-state index contributed by atoms with van der Waals surface area (Å²) >= 11 is 0. The smallest absolute Gasteiger partial charge is 0.191 e. The van der Waals surface area contributed by atoms with Crippen molar-refractivity contribution in [2.75, 3.05) is 33.4 Å². The summed E-state index contributed by atoms with van der Waals surface area (Å²) in [6.45, 7) is 5.44. The van der Waals surface area contributed by atoms with Gasteiger partial charge in [-0.15, -0.1) is 0 Å². The molecule has 2 aromatic rings. The third-order valence-electron chi connectivity index (χ3n) is 5.23. The normalized spacial score (nSPS) is 17.1. The van der Waals surface area contributed by atoms with Crippen LogP contribution in [-0.4, -0.2) is 39.3 Å². The van der Waals surface area contributed by atoms with Gasteiger partial charge in [-0.1, -0.05) is 24.3 Å². The number of ether oxygens (including phenoxy) is 1. The van der Waals surface area contributed by atoms with Crippen molar-refractivity contribution in [2.45, 2.75) is 31.6 Å². The van der Waals surface area contributed by atoms with Crippen LogP contribution in [0.2, 0.25) is 0 Å². The number of rotatable bonds is 6. The minimum Gasteiger partial charge on any atom is -0.469 e. The molecule has 0 aliphatic carbocycles. The van der Waals surface area contributed by atoms with Crippen molar-refractivity contribution >= 4 is 5.96 Å². The Morgan fingerprint density at radius 3 is 2.62 bits per heavy atom. The highest BCUT2D eigenvalue weighted by atomic mass is 16.5. The number of furan rings is 1. The van der Waals surface area contributed by atoms with E-state index in [2.05, 4.69) is 46.8 Å². The highest BCUT2D eigenvalue weighted by Gasteiger charge is 2.35. The van der Waals surface area contributed by atoms with E-state index in [-0.39, 0.29) is 5.41 Å². The molecule has 2 heterocycles. The van der Waals surface area contributed by atoms with E-state index in [0.717, 1.165) is 57.3 Å². The zero-order chi connectivity index (χ0) is 18.2. The molecule has 1 fully saturated rings. The quantitative estimate of drug-likeness (QED) is 0.618. The number of hydrogen-bond donors (Lipinski definition) is 2. The van der Waals surface area contributed by atoms with Crippen molar-refractivity contribution < 1.29 is 9.15 Å². The number of benzene rings is 1. The van der Waals surface area contributed by atoms with Gasteiger partial charge in [0.15, 0.2) is 5.96 Å². The van der Waals surface area contributed by atoms with Crippen LogP contribution in [0.15, 0.2) is 52.1 Å². The van der Waals surface area contributed by atoms with Crippen LogP contribution in [0.3, 0.4) is 0 Å². The molecule has 0 saturated carbocycles. The summed E-state index contributed by atoms with van der Waals surface area (Å²) in [5, 5.41) is 6.92. The lowest BCUT2D eigenvalue weighted by Gasteiger charge is -2.39. The number of aliphatic imine (C=N–C) groups is 1. The summed E-state index contributed by atoms with van der Waals surface area (Å²) in [5.41, 5.74) is 2.85. The first-order valence-corrected chi connectivity index (χ1v) is 9.34. The van der Waals surface area contributed by atoms with Gasteiger partial charge in [-0.05, 0) is 43.0 Å².